The van der Waals surface area contributed by atoms with E-state index in [4.69, 9.17) is 4.98 Å². The lowest BCUT2D eigenvalue weighted by Crippen LogP contribution is -2.47. The summed E-state index contributed by atoms with van der Waals surface area (Å²) in [5.74, 6) is 0.586. The van der Waals surface area contributed by atoms with E-state index in [2.05, 4.69) is 18.3 Å². The van der Waals surface area contributed by atoms with Crippen LogP contribution in [0.2, 0.25) is 0 Å². The summed E-state index contributed by atoms with van der Waals surface area (Å²) in [4.78, 5) is 34.0. The van der Waals surface area contributed by atoms with Gasteiger partial charge in [-0.15, -0.1) is 0 Å². The Balaban J connectivity index is 1.82. The lowest BCUT2D eigenvalue weighted by molar-refractivity contribution is 0.169. The smallest absolute Gasteiger partial charge is 0.318 e. The minimum Gasteiger partial charge on any atom is -0.335 e. The zero-order valence-corrected chi connectivity index (χ0v) is 20.8. The Hall–Kier alpha value is -3.15. The van der Waals surface area contributed by atoms with Gasteiger partial charge >= 0.3 is 6.03 Å². The van der Waals surface area contributed by atoms with Crippen molar-refractivity contribution < 1.29 is 4.79 Å². The van der Waals surface area contributed by atoms with Crippen molar-refractivity contribution >= 4 is 16.9 Å². The van der Waals surface area contributed by atoms with Gasteiger partial charge in [-0.05, 0) is 63.8 Å². The quantitative estimate of drug-likeness (QED) is 0.504. The van der Waals surface area contributed by atoms with Gasteiger partial charge in [-0.1, -0.05) is 56.0 Å². The molecule has 180 valence electrons. The molecule has 0 spiro atoms. The molecule has 1 saturated carbocycles. The van der Waals surface area contributed by atoms with Gasteiger partial charge in [0.05, 0.1) is 22.6 Å². The number of benzene rings is 2. The number of fused-ring (bicyclic) bond motifs is 1. The van der Waals surface area contributed by atoms with Crippen LogP contribution in [0.5, 0.6) is 0 Å². The summed E-state index contributed by atoms with van der Waals surface area (Å²) < 4.78 is 1.71. The third kappa shape index (κ3) is 4.86. The number of rotatable bonds is 6. The highest BCUT2D eigenvalue weighted by Crippen LogP contribution is 2.26. The van der Waals surface area contributed by atoms with E-state index < -0.39 is 0 Å². The summed E-state index contributed by atoms with van der Waals surface area (Å²) >= 11 is 0. The van der Waals surface area contributed by atoms with Crippen molar-refractivity contribution in [2.45, 2.75) is 78.3 Å². The summed E-state index contributed by atoms with van der Waals surface area (Å²) in [7, 11) is 0. The maximum atomic E-state index is 13.8. The van der Waals surface area contributed by atoms with Gasteiger partial charge in [0, 0.05) is 12.6 Å². The first-order chi connectivity index (χ1) is 16.4. The van der Waals surface area contributed by atoms with E-state index in [9.17, 15) is 9.59 Å². The van der Waals surface area contributed by atoms with E-state index in [-0.39, 0.29) is 23.7 Å². The summed E-state index contributed by atoms with van der Waals surface area (Å²) in [5.41, 5.74) is 3.49. The fraction of sp³-hybridized carbons (Fsp3) is 0.464. The topological polar surface area (TPSA) is 67.2 Å². The first-order valence-corrected chi connectivity index (χ1v) is 12.6. The summed E-state index contributed by atoms with van der Waals surface area (Å²) in [6.45, 7) is 8.69. The van der Waals surface area contributed by atoms with E-state index in [1.165, 1.54) is 6.42 Å². The van der Waals surface area contributed by atoms with Gasteiger partial charge in [-0.3, -0.25) is 9.36 Å². The van der Waals surface area contributed by atoms with Crippen molar-refractivity contribution in [3.63, 3.8) is 0 Å². The van der Waals surface area contributed by atoms with E-state index in [1.807, 2.05) is 62.1 Å². The molecule has 1 unspecified atom stereocenters. The number of hydrogen-bond donors (Lipinski definition) is 1. The molecule has 2 amide bonds. The number of urea groups is 1. The van der Waals surface area contributed by atoms with Crippen LogP contribution >= 0.6 is 0 Å². The van der Waals surface area contributed by atoms with Gasteiger partial charge in [0.15, 0.2) is 0 Å². The first-order valence-electron chi connectivity index (χ1n) is 12.6. The predicted octanol–water partition coefficient (Wildman–Crippen LogP) is 5.82. The van der Waals surface area contributed by atoms with Crippen LogP contribution in [0.4, 0.5) is 4.79 Å². The van der Waals surface area contributed by atoms with Gasteiger partial charge in [0.25, 0.3) is 5.56 Å². The minimum absolute atomic E-state index is 0.0733. The maximum Gasteiger partial charge on any atom is 0.318 e. The van der Waals surface area contributed by atoms with Crippen LogP contribution in [0.1, 0.15) is 75.4 Å². The lowest BCUT2D eigenvalue weighted by atomic mass is 9.96. The van der Waals surface area contributed by atoms with Crippen molar-refractivity contribution in [1.29, 1.82) is 0 Å². The van der Waals surface area contributed by atoms with E-state index in [0.29, 0.717) is 23.3 Å². The van der Waals surface area contributed by atoms with Gasteiger partial charge in [-0.2, -0.15) is 0 Å². The Morgan fingerprint density at radius 2 is 1.88 bits per heavy atom. The van der Waals surface area contributed by atoms with E-state index in [0.717, 1.165) is 48.9 Å². The molecule has 1 atom stereocenters. The van der Waals surface area contributed by atoms with Gasteiger partial charge < -0.3 is 10.2 Å². The van der Waals surface area contributed by atoms with E-state index in [1.54, 1.807) is 4.57 Å². The molecule has 0 saturated heterocycles. The number of nitrogens with one attached hydrogen (secondary N) is 1. The fourth-order valence-electron chi connectivity index (χ4n) is 5.08. The van der Waals surface area contributed by atoms with Crippen LogP contribution in [0.25, 0.3) is 16.6 Å². The average Bonchev–Trinajstić information content (AvgIpc) is 2.83. The summed E-state index contributed by atoms with van der Waals surface area (Å²) in [5, 5.41) is 3.83. The Morgan fingerprint density at radius 1 is 1.15 bits per heavy atom. The van der Waals surface area contributed by atoms with Gasteiger partial charge in [0.2, 0.25) is 0 Å². The molecule has 1 aliphatic carbocycles. The highest BCUT2D eigenvalue weighted by atomic mass is 16.2. The standard InChI is InChI=1S/C28H36N4O2/c1-5-17-31(28(34)29-22-11-7-6-8-12-22)21(4)26-30-24-14-10-9-13-23(24)27(33)32(26)25-16-15-19(2)18-20(25)3/h9-10,13-16,18,21-22H,5-8,11-12,17H2,1-4H3,(H,29,34). The molecule has 1 aliphatic rings. The number of aromatic nitrogens is 2. The van der Waals surface area contributed by atoms with Crippen LogP contribution in [0, 0.1) is 13.8 Å². The maximum absolute atomic E-state index is 13.8. The average molecular weight is 461 g/mol. The molecule has 1 fully saturated rings. The minimum atomic E-state index is -0.374. The molecule has 3 aromatic rings. The van der Waals surface area contributed by atoms with Crippen LogP contribution in [-0.4, -0.2) is 33.1 Å². The molecule has 1 heterocycles. The SMILES string of the molecule is CCCN(C(=O)NC1CCCCC1)C(C)c1nc2ccccc2c(=O)n1-c1ccc(C)cc1C. The van der Waals surface area contributed by atoms with Crippen molar-refractivity contribution in [2.24, 2.45) is 0 Å². The number of amides is 2. The van der Waals surface area contributed by atoms with Gasteiger partial charge in [0.1, 0.15) is 5.82 Å². The molecular formula is C28H36N4O2. The highest BCUT2D eigenvalue weighted by molar-refractivity contribution is 5.78. The summed E-state index contributed by atoms with van der Waals surface area (Å²) in [6, 6.07) is 13.3. The Kier molecular flexibility index (Phi) is 7.35. The molecule has 0 bridgehead atoms. The van der Waals surface area contributed by atoms with Crippen LogP contribution in [0.15, 0.2) is 47.3 Å². The predicted molar refractivity (Wildman–Crippen MR) is 138 cm³/mol. The molecule has 6 heteroatoms. The summed E-state index contributed by atoms with van der Waals surface area (Å²) in [6.07, 6.45) is 6.44. The van der Waals surface area contributed by atoms with E-state index >= 15 is 0 Å². The molecule has 34 heavy (non-hydrogen) atoms. The third-order valence-electron chi connectivity index (χ3n) is 6.89. The number of aryl methyl sites for hydroxylation is 2. The van der Waals surface area contributed by atoms with Crippen LogP contribution in [-0.2, 0) is 0 Å². The second-order valence-corrected chi connectivity index (χ2v) is 9.57. The molecule has 6 nitrogen and oxygen atoms in total. The fourth-order valence-corrected chi connectivity index (χ4v) is 5.08. The Labute approximate surface area is 202 Å². The zero-order valence-electron chi connectivity index (χ0n) is 20.8. The molecule has 1 N–H and O–H groups in total. The molecule has 4 rings (SSSR count). The monoisotopic (exact) mass is 460 g/mol. The Bertz CT molecular complexity index is 1230. The van der Waals surface area contributed by atoms with Crippen molar-refractivity contribution in [3.8, 4) is 5.69 Å². The number of carbonyl (C=O) groups excluding carboxylic acids is 1. The van der Waals surface area contributed by atoms with Gasteiger partial charge in [-0.25, -0.2) is 9.78 Å². The molecule has 2 aromatic carbocycles. The lowest BCUT2D eigenvalue weighted by Gasteiger charge is -2.33. The molecule has 1 aromatic heterocycles. The highest BCUT2D eigenvalue weighted by Gasteiger charge is 2.28. The van der Waals surface area contributed by atoms with Crippen LogP contribution in [0.3, 0.4) is 0 Å². The first kappa shape index (κ1) is 24.0. The van der Waals surface area contributed by atoms with Crippen molar-refractivity contribution in [1.82, 2.24) is 19.8 Å². The third-order valence-corrected chi connectivity index (χ3v) is 6.89. The largest absolute Gasteiger partial charge is 0.335 e. The van der Waals surface area contributed by atoms with Crippen molar-refractivity contribution in [3.05, 3.63) is 69.8 Å². The number of carbonyl (C=O) groups is 1. The molecule has 0 radical (unpaired) electrons. The number of nitrogens with zero attached hydrogens (tertiary/aromatic N) is 3. The Morgan fingerprint density at radius 3 is 2.59 bits per heavy atom. The number of para-hydroxylation sites is 1. The second kappa shape index (κ2) is 10.4. The second-order valence-electron chi connectivity index (χ2n) is 9.57. The zero-order chi connectivity index (χ0) is 24.2. The van der Waals surface area contributed by atoms with Crippen LogP contribution < -0.4 is 10.9 Å². The molecule has 0 aliphatic heterocycles. The van der Waals surface area contributed by atoms with Crippen molar-refractivity contribution in [2.75, 3.05) is 6.54 Å². The normalized spacial score (nSPS) is 15.3. The number of hydrogen-bond acceptors (Lipinski definition) is 3. The molecular weight excluding hydrogens is 424 g/mol.